The molecule has 338 valence electrons. The first-order valence-corrected chi connectivity index (χ1v) is 20.8. The van der Waals surface area contributed by atoms with Crippen molar-refractivity contribution >= 4 is 58.5 Å². The number of carboxylic acid groups (broad SMARTS) is 1. The number of hydrogen-bond acceptors (Lipinski definition) is 9. The van der Waals surface area contributed by atoms with E-state index in [9.17, 15) is 56.6 Å². The number of ether oxygens (including phenoxy) is 1. The van der Waals surface area contributed by atoms with Gasteiger partial charge in [0.1, 0.15) is 17.6 Å². The van der Waals surface area contributed by atoms with E-state index in [1.54, 1.807) is 39.8 Å². The van der Waals surface area contributed by atoms with Crippen molar-refractivity contribution in [2.24, 2.45) is 17.6 Å². The van der Waals surface area contributed by atoms with E-state index >= 15 is 4.39 Å². The summed E-state index contributed by atoms with van der Waals surface area (Å²) in [6.45, 7) is 6.73. The van der Waals surface area contributed by atoms with Crippen molar-refractivity contribution in [3.05, 3.63) is 69.2 Å². The number of ketones is 3. The molecule has 2 aromatic carbocycles. The first kappa shape index (κ1) is 49.4. The number of primary amides is 1. The Bertz CT molecular complexity index is 2090. The second kappa shape index (κ2) is 21.2. The topological polar surface area (TPSA) is 219 Å². The summed E-state index contributed by atoms with van der Waals surface area (Å²) < 4.78 is 64.3. The molecule has 1 heterocycles. The number of hydrogen-bond donors (Lipinski definition) is 4. The predicted octanol–water partition coefficient (Wildman–Crippen LogP) is 5.69. The van der Waals surface area contributed by atoms with Crippen LogP contribution in [-0.2, 0) is 33.5 Å². The van der Waals surface area contributed by atoms with Gasteiger partial charge in [-0.25, -0.2) is 22.4 Å². The molecule has 19 heteroatoms. The average Bonchev–Trinajstić information content (AvgIpc) is 3.63. The molecule has 0 spiro atoms. The van der Waals surface area contributed by atoms with Crippen molar-refractivity contribution in [2.45, 2.75) is 128 Å². The van der Waals surface area contributed by atoms with Crippen LogP contribution in [0.3, 0.4) is 0 Å². The maximum absolute atomic E-state index is 15.1. The van der Waals surface area contributed by atoms with Gasteiger partial charge in [0.05, 0.1) is 23.3 Å². The number of aromatic carboxylic acids is 1. The van der Waals surface area contributed by atoms with Crippen LogP contribution >= 0.6 is 11.6 Å². The highest BCUT2D eigenvalue weighted by molar-refractivity contribution is 6.38. The molecule has 2 unspecified atom stereocenters. The normalized spacial score (nSPS) is 18.4. The molecule has 4 amide bonds. The molecular formula is C43H51ClF4N4O10. The molecule has 0 radical (unpaired) electrons. The summed E-state index contributed by atoms with van der Waals surface area (Å²) in [6.07, 6.45) is 0.623. The number of carbonyl (C=O) groups excluding carboxylic acids is 7. The third kappa shape index (κ3) is 12.2. The molecule has 2 fully saturated rings. The van der Waals surface area contributed by atoms with Crippen LogP contribution in [0, 0.1) is 35.1 Å². The second-order valence-corrected chi connectivity index (χ2v) is 17.1. The quantitative estimate of drug-likeness (QED) is 0.0584. The van der Waals surface area contributed by atoms with Crippen molar-refractivity contribution in [1.82, 2.24) is 15.5 Å². The van der Waals surface area contributed by atoms with Gasteiger partial charge in [-0.15, -0.1) is 0 Å². The Labute approximate surface area is 360 Å². The van der Waals surface area contributed by atoms with Crippen molar-refractivity contribution in [1.29, 1.82) is 0 Å². The zero-order chi connectivity index (χ0) is 46.2. The molecule has 0 aromatic heterocycles. The molecule has 5 N–H and O–H groups in total. The van der Waals surface area contributed by atoms with E-state index in [4.69, 9.17) is 22.1 Å². The second-order valence-electron chi connectivity index (χ2n) is 16.7. The van der Waals surface area contributed by atoms with Crippen LogP contribution in [0.1, 0.15) is 131 Å². The average molecular weight is 895 g/mol. The number of likely N-dealkylation sites (tertiary alicyclic amines) is 1. The van der Waals surface area contributed by atoms with Crippen LogP contribution in [0.5, 0.6) is 0 Å². The molecule has 1 aliphatic heterocycles. The molecular weight excluding hydrogens is 844 g/mol. The Morgan fingerprint density at radius 2 is 1.55 bits per heavy atom. The van der Waals surface area contributed by atoms with E-state index < -0.39 is 142 Å². The van der Waals surface area contributed by atoms with Gasteiger partial charge in [-0.05, 0) is 63.6 Å². The van der Waals surface area contributed by atoms with Gasteiger partial charge in [0.15, 0.2) is 34.8 Å². The third-order valence-corrected chi connectivity index (χ3v) is 11.1. The number of nitrogens with one attached hydrogen (secondary N) is 2. The fourth-order valence-electron chi connectivity index (χ4n) is 8.09. The van der Waals surface area contributed by atoms with E-state index in [2.05, 4.69) is 10.6 Å². The summed E-state index contributed by atoms with van der Waals surface area (Å²) in [4.78, 5) is 107. The Kier molecular flexibility index (Phi) is 16.9. The lowest BCUT2D eigenvalue weighted by Gasteiger charge is -2.35. The summed E-state index contributed by atoms with van der Waals surface area (Å²) in [5, 5.41) is 14.5. The molecule has 2 aliphatic rings. The van der Waals surface area contributed by atoms with Crippen LogP contribution < -0.4 is 16.4 Å². The lowest BCUT2D eigenvalue weighted by atomic mass is 9.82. The van der Waals surface area contributed by atoms with Gasteiger partial charge in [0.2, 0.25) is 23.5 Å². The minimum atomic E-state index is -2.45. The Hall–Kier alpha value is -5.23. The molecule has 1 aliphatic carbocycles. The first-order chi connectivity index (χ1) is 29.1. The van der Waals surface area contributed by atoms with E-state index in [0.717, 1.165) is 11.3 Å². The number of benzene rings is 2. The number of carbonyl (C=O) groups is 8. The van der Waals surface area contributed by atoms with E-state index in [-0.39, 0.29) is 24.4 Å². The largest absolute Gasteiger partial charge is 0.478 e. The van der Waals surface area contributed by atoms with E-state index in [1.165, 1.54) is 12.1 Å². The monoisotopic (exact) mass is 894 g/mol. The van der Waals surface area contributed by atoms with Crippen molar-refractivity contribution in [3.8, 4) is 0 Å². The fourth-order valence-corrected chi connectivity index (χ4v) is 8.29. The lowest BCUT2D eigenvalue weighted by Crippen LogP contribution is -2.55. The van der Waals surface area contributed by atoms with Crippen molar-refractivity contribution in [2.75, 3.05) is 6.54 Å². The Morgan fingerprint density at radius 3 is 2.11 bits per heavy atom. The van der Waals surface area contributed by atoms with Gasteiger partial charge >= 0.3 is 5.97 Å². The molecule has 14 nitrogen and oxygen atoms in total. The van der Waals surface area contributed by atoms with Gasteiger partial charge in [-0.3, -0.25) is 33.6 Å². The maximum Gasteiger partial charge on any atom is 0.339 e. The number of halogens is 5. The third-order valence-electron chi connectivity index (χ3n) is 10.9. The number of rotatable bonds is 19. The molecule has 2 aromatic rings. The summed E-state index contributed by atoms with van der Waals surface area (Å²) in [5.41, 5.74) is 1.55. The molecule has 4 rings (SSSR count). The lowest BCUT2D eigenvalue weighted by molar-refractivity contribution is -0.143. The highest BCUT2D eigenvalue weighted by atomic mass is 35.5. The van der Waals surface area contributed by atoms with Gasteiger partial charge in [-0.2, -0.15) is 0 Å². The number of nitrogens with two attached hydrogens (primary N) is 1. The van der Waals surface area contributed by atoms with Crippen LogP contribution in [-0.4, -0.2) is 87.3 Å². The molecule has 62 heavy (non-hydrogen) atoms. The number of carboxylic acids is 1. The van der Waals surface area contributed by atoms with Gasteiger partial charge in [0.25, 0.3) is 5.91 Å². The summed E-state index contributed by atoms with van der Waals surface area (Å²) in [6, 6.07) is 1.90. The van der Waals surface area contributed by atoms with Crippen molar-refractivity contribution < 1.29 is 65.8 Å². The van der Waals surface area contributed by atoms with Gasteiger partial charge in [0, 0.05) is 43.2 Å². The van der Waals surface area contributed by atoms with Crippen LogP contribution in [0.15, 0.2) is 24.3 Å². The number of amides is 4. The molecule has 1 saturated heterocycles. The van der Waals surface area contributed by atoms with Crippen LogP contribution in [0.25, 0.3) is 0 Å². The first-order valence-electron chi connectivity index (χ1n) is 20.4. The SMILES string of the molecule is CCCC(CC(=O)[C@@H]1C[C@@H](OC(C)(C)C)CN1C(=O)[C@@H](NC(=O)c1c(F)c(F)c(F)c(F)c1C(=O)O)C1CCCCC1)C(=O)C(=O)CCC(=O)NC(C(N)=O)c1cccc(Cl)c1. The maximum atomic E-state index is 15.1. The van der Waals surface area contributed by atoms with E-state index in [1.807, 2.05) is 0 Å². The summed E-state index contributed by atoms with van der Waals surface area (Å²) >= 11 is 6.00. The smallest absolute Gasteiger partial charge is 0.339 e. The predicted molar refractivity (Wildman–Crippen MR) is 215 cm³/mol. The summed E-state index contributed by atoms with van der Waals surface area (Å²) in [5.74, 6) is -20.4. The zero-order valence-electron chi connectivity index (χ0n) is 34.8. The number of nitrogens with zero attached hydrogens (tertiary/aromatic N) is 1. The highest BCUT2D eigenvalue weighted by Gasteiger charge is 2.46. The highest BCUT2D eigenvalue weighted by Crippen LogP contribution is 2.33. The van der Waals surface area contributed by atoms with Crippen molar-refractivity contribution in [3.63, 3.8) is 0 Å². The van der Waals surface area contributed by atoms with Crippen LogP contribution in [0.4, 0.5) is 17.6 Å². The van der Waals surface area contributed by atoms with Gasteiger partial charge in [-0.1, -0.05) is 56.3 Å². The minimum Gasteiger partial charge on any atom is -0.478 e. The summed E-state index contributed by atoms with van der Waals surface area (Å²) in [7, 11) is 0. The molecule has 0 bridgehead atoms. The minimum absolute atomic E-state index is 0.0752. The van der Waals surface area contributed by atoms with Crippen LogP contribution in [0.2, 0.25) is 5.02 Å². The van der Waals surface area contributed by atoms with Gasteiger partial charge < -0.3 is 31.1 Å². The molecule has 5 atom stereocenters. The van der Waals surface area contributed by atoms with E-state index in [0.29, 0.717) is 37.7 Å². The number of Topliss-reactive ketones (excluding diaryl/α,β-unsaturated/α-hetero) is 3. The Balaban J connectivity index is 1.58. The fraction of sp³-hybridized carbons (Fsp3) is 0.535. The molecule has 1 saturated carbocycles. The zero-order valence-corrected chi connectivity index (χ0v) is 35.6. The standard InChI is InChI=1S/C43H51ClF4N4O10/c1-5-10-23(38(56)27(53)15-16-29(55)50-36(39(49)57)22-13-9-14-24(44)17-22)18-28(54)26-19-25(62-43(2,3)4)20-52(26)41(59)37(21-11-7-6-8-12-21)51-40(58)30-31(42(60)61)33(46)35(48)34(47)32(30)45/h9,13-14,17,21,23,25-26,36-37H,5-8,10-12,15-16,18-20H2,1-4H3,(H2,49,57)(H,50,55)(H,51,58)(H,60,61)/t23?,25-,26+,36?,37+/m1/s1. The Morgan fingerprint density at radius 1 is 0.919 bits per heavy atom.